The smallest absolute Gasteiger partial charge is 0.323 e. The number of rotatable bonds is 9. The second-order valence-corrected chi connectivity index (χ2v) is 5.70. The summed E-state index contributed by atoms with van der Waals surface area (Å²) in [6.07, 6.45) is 2.09. The fourth-order valence-corrected chi connectivity index (χ4v) is 2.32. The highest BCUT2D eigenvalue weighted by molar-refractivity contribution is 5.78. The zero-order valence-corrected chi connectivity index (χ0v) is 13.5. The molecule has 0 fully saturated rings. The quantitative estimate of drug-likeness (QED) is 0.734. The van der Waals surface area contributed by atoms with Crippen molar-refractivity contribution < 1.29 is 14.6 Å². The summed E-state index contributed by atoms with van der Waals surface area (Å²) < 4.78 is 5.88. The van der Waals surface area contributed by atoms with Gasteiger partial charge in [-0.2, -0.15) is 0 Å². The monoisotopic (exact) mass is 293 g/mol. The molecule has 0 saturated carbocycles. The molecule has 0 spiro atoms. The Bertz CT molecular complexity index is 461. The third-order valence-corrected chi connectivity index (χ3v) is 3.58. The molecular formula is C17H27NO3. The Hall–Kier alpha value is -1.55. The molecule has 0 aliphatic rings. The second kappa shape index (κ2) is 8.03. The van der Waals surface area contributed by atoms with Gasteiger partial charge >= 0.3 is 5.97 Å². The predicted molar refractivity (Wildman–Crippen MR) is 84.9 cm³/mol. The number of hydrogen-bond acceptors (Lipinski definition) is 3. The van der Waals surface area contributed by atoms with Crippen LogP contribution in [0.2, 0.25) is 0 Å². The van der Waals surface area contributed by atoms with Crippen LogP contribution in [0.4, 0.5) is 0 Å². The highest BCUT2D eigenvalue weighted by Gasteiger charge is 2.34. The first kappa shape index (κ1) is 17.5. The molecule has 0 radical (unpaired) electrons. The molecule has 0 bridgehead atoms. The molecule has 0 aromatic heterocycles. The minimum Gasteiger partial charge on any atom is -0.491 e. The largest absolute Gasteiger partial charge is 0.491 e. The molecule has 2 atom stereocenters. The highest BCUT2D eigenvalue weighted by atomic mass is 16.5. The van der Waals surface area contributed by atoms with Crippen LogP contribution in [0.25, 0.3) is 0 Å². The molecule has 2 unspecified atom stereocenters. The summed E-state index contributed by atoms with van der Waals surface area (Å²) >= 11 is 0. The molecule has 1 aromatic rings. The first-order chi connectivity index (χ1) is 9.91. The summed E-state index contributed by atoms with van der Waals surface area (Å²) in [5.41, 5.74) is 0.252. The van der Waals surface area contributed by atoms with E-state index in [1.165, 1.54) is 5.56 Å². The van der Waals surface area contributed by atoms with Crippen LogP contribution in [0.1, 0.15) is 46.1 Å². The number of ether oxygens (including phenoxy) is 1. The minimum atomic E-state index is -0.961. The van der Waals surface area contributed by atoms with E-state index in [-0.39, 0.29) is 6.10 Å². The van der Waals surface area contributed by atoms with Crippen LogP contribution >= 0.6 is 0 Å². The molecular weight excluding hydrogens is 266 g/mol. The standard InChI is InChI=1S/C17H27NO3/c1-5-10-18-17(4,16(19)20)12-13(3)21-15-9-7-8-14(6-2)11-15/h7-9,11,13,18H,5-6,10,12H2,1-4H3,(H,19,20). The number of nitrogens with one attached hydrogen (secondary N) is 1. The number of carboxylic acids is 1. The molecule has 0 aliphatic carbocycles. The van der Waals surface area contributed by atoms with Crippen molar-refractivity contribution in [2.45, 2.75) is 58.6 Å². The minimum absolute atomic E-state index is 0.178. The second-order valence-electron chi connectivity index (χ2n) is 5.70. The van der Waals surface area contributed by atoms with Gasteiger partial charge in [0.05, 0.1) is 6.10 Å². The van der Waals surface area contributed by atoms with Crippen molar-refractivity contribution in [3.63, 3.8) is 0 Å². The Labute approximate surface area is 127 Å². The van der Waals surface area contributed by atoms with Crippen LogP contribution in [-0.4, -0.2) is 29.3 Å². The van der Waals surface area contributed by atoms with Crippen LogP contribution in [0.15, 0.2) is 24.3 Å². The van der Waals surface area contributed by atoms with Gasteiger partial charge in [0.2, 0.25) is 0 Å². The fraction of sp³-hybridized carbons (Fsp3) is 0.588. The van der Waals surface area contributed by atoms with E-state index < -0.39 is 11.5 Å². The highest BCUT2D eigenvalue weighted by Crippen LogP contribution is 2.20. The maximum Gasteiger partial charge on any atom is 0.323 e. The first-order valence-electron chi connectivity index (χ1n) is 7.65. The van der Waals surface area contributed by atoms with Crippen molar-refractivity contribution in [1.82, 2.24) is 5.32 Å². The Kier molecular flexibility index (Phi) is 6.69. The van der Waals surface area contributed by atoms with E-state index in [1.54, 1.807) is 6.92 Å². The zero-order valence-electron chi connectivity index (χ0n) is 13.5. The van der Waals surface area contributed by atoms with E-state index in [2.05, 4.69) is 18.3 Å². The third-order valence-electron chi connectivity index (χ3n) is 3.58. The molecule has 0 heterocycles. The fourth-order valence-electron chi connectivity index (χ4n) is 2.32. The van der Waals surface area contributed by atoms with Gasteiger partial charge in [-0.3, -0.25) is 4.79 Å². The van der Waals surface area contributed by atoms with Crippen molar-refractivity contribution in [2.75, 3.05) is 6.54 Å². The molecule has 4 heteroatoms. The van der Waals surface area contributed by atoms with Gasteiger partial charge in [-0.1, -0.05) is 26.0 Å². The summed E-state index contributed by atoms with van der Waals surface area (Å²) in [4.78, 5) is 11.5. The van der Waals surface area contributed by atoms with Crippen molar-refractivity contribution >= 4 is 5.97 Å². The van der Waals surface area contributed by atoms with E-state index in [0.29, 0.717) is 13.0 Å². The van der Waals surface area contributed by atoms with Crippen molar-refractivity contribution in [3.8, 4) is 5.75 Å². The van der Waals surface area contributed by atoms with Crippen LogP contribution in [0.3, 0.4) is 0 Å². The normalized spacial score (nSPS) is 15.2. The van der Waals surface area contributed by atoms with Gasteiger partial charge in [0.15, 0.2) is 0 Å². The topological polar surface area (TPSA) is 58.6 Å². The number of carboxylic acid groups (broad SMARTS) is 1. The lowest BCUT2D eigenvalue weighted by molar-refractivity contribution is -0.145. The lowest BCUT2D eigenvalue weighted by Crippen LogP contribution is -2.52. The molecule has 4 nitrogen and oxygen atoms in total. The maximum absolute atomic E-state index is 11.5. The average Bonchev–Trinajstić information content (AvgIpc) is 2.45. The van der Waals surface area contributed by atoms with Gasteiger partial charge < -0.3 is 15.2 Å². The third kappa shape index (κ3) is 5.38. The van der Waals surface area contributed by atoms with Gasteiger partial charge in [0.25, 0.3) is 0 Å². The predicted octanol–water partition coefficient (Wildman–Crippen LogP) is 3.25. The van der Waals surface area contributed by atoms with Gasteiger partial charge in [0.1, 0.15) is 11.3 Å². The van der Waals surface area contributed by atoms with Crippen molar-refractivity contribution in [2.24, 2.45) is 0 Å². The summed E-state index contributed by atoms with van der Waals surface area (Å²) in [7, 11) is 0. The Balaban J connectivity index is 2.68. The van der Waals surface area contributed by atoms with Crippen LogP contribution in [0, 0.1) is 0 Å². The number of aryl methyl sites for hydroxylation is 1. The first-order valence-corrected chi connectivity index (χ1v) is 7.65. The molecule has 21 heavy (non-hydrogen) atoms. The lowest BCUT2D eigenvalue weighted by Gasteiger charge is -2.29. The molecule has 2 N–H and O–H groups in total. The summed E-state index contributed by atoms with van der Waals surface area (Å²) in [5, 5.41) is 12.5. The van der Waals surface area contributed by atoms with Gasteiger partial charge in [0, 0.05) is 6.42 Å². The molecule has 1 rings (SSSR count). The molecule has 0 saturated heterocycles. The summed E-state index contributed by atoms with van der Waals surface area (Å²) in [6.45, 7) is 8.42. The summed E-state index contributed by atoms with van der Waals surface area (Å²) in [6, 6.07) is 7.94. The van der Waals surface area contributed by atoms with Gasteiger partial charge in [-0.25, -0.2) is 0 Å². The van der Waals surface area contributed by atoms with Crippen LogP contribution in [-0.2, 0) is 11.2 Å². The average molecular weight is 293 g/mol. The lowest BCUT2D eigenvalue weighted by atomic mass is 9.94. The number of carbonyl (C=O) groups is 1. The zero-order chi connectivity index (χ0) is 15.9. The number of hydrogen-bond donors (Lipinski definition) is 2. The van der Waals surface area contributed by atoms with Gasteiger partial charge in [-0.15, -0.1) is 0 Å². The Morgan fingerprint density at radius 1 is 1.43 bits per heavy atom. The van der Waals surface area contributed by atoms with Crippen LogP contribution < -0.4 is 10.1 Å². The van der Waals surface area contributed by atoms with Gasteiger partial charge in [-0.05, 0) is 50.9 Å². The van der Waals surface area contributed by atoms with E-state index in [0.717, 1.165) is 18.6 Å². The maximum atomic E-state index is 11.5. The molecule has 1 aromatic carbocycles. The SMILES string of the molecule is CCCNC(C)(CC(C)Oc1cccc(CC)c1)C(=O)O. The Morgan fingerprint density at radius 2 is 2.14 bits per heavy atom. The Morgan fingerprint density at radius 3 is 2.71 bits per heavy atom. The number of benzene rings is 1. The van der Waals surface area contributed by atoms with Crippen LogP contribution in [0.5, 0.6) is 5.75 Å². The molecule has 118 valence electrons. The number of aliphatic carboxylic acids is 1. The summed E-state index contributed by atoms with van der Waals surface area (Å²) in [5.74, 6) is -0.0428. The molecule has 0 amide bonds. The van der Waals surface area contributed by atoms with Crippen molar-refractivity contribution in [3.05, 3.63) is 29.8 Å². The van der Waals surface area contributed by atoms with E-state index in [9.17, 15) is 9.90 Å². The van der Waals surface area contributed by atoms with E-state index in [4.69, 9.17) is 4.74 Å². The van der Waals surface area contributed by atoms with E-state index >= 15 is 0 Å². The molecule has 0 aliphatic heterocycles. The van der Waals surface area contributed by atoms with Crippen molar-refractivity contribution in [1.29, 1.82) is 0 Å². The van der Waals surface area contributed by atoms with E-state index in [1.807, 2.05) is 32.0 Å².